The number of guanidine groups is 1. The number of aromatic nitrogens is 5. The molecule has 9 heteroatoms. The monoisotopic (exact) mass is 360 g/mol. The van der Waals surface area contributed by atoms with Crippen LogP contribution in [0.2, 0.25) is 0 Å². The Bertz CT molecular complexity index is 722. The molecule has 1 unspecified atom stereocenters. The number of hydrogen-bond acceptors (Lipinski definition) is 5. The van der Waals surface area contributed by atoms with Crippen molar-refractivity contribution >= 4 is 5.96 Å². The van der Waals surface area contributed by atoms with Crippen LogP contribution < -0.4 is 5.32 Å². The molecule has 142 valence electrons. The quantitative estimate of drug-likeness (QED) is 0.600. The van der Waals surface area contributed by atoms with Crippen LogP contribution in [0.15, 0.2) is 23.7 Å². The minimum absolute atomic E-state index is 0.0193. The van der Waals surface area contributed by atoms with Crippen molar-refractivity contribution in [2.24, 2.45) is 12.0 Å². The van der Waals surface area contributed by atoms with Gasteiger partial charge < -0.3 is 19.5 Å². The van der Waals surface area contributed by atoms with Gasteiger partial charge in [-0.2, -0.15) is 5.10 Å². The zero-order valence-corrected chi connectivity index (χ0v) is 15.8. The Morgan fingerprint density at radius 2 is 2.31 bits per heavy atom. The summed E-state index contributed by atoms with van der Waals surface area (Å²) in [5.74, 6) is 1.92. The number of aliphatic imine (C=N–C) groups is 1. The highest BCUT2D eigenvalue weighted by Gasteiger charge is 2.25. The lowest BCUT2D eigenvalue weighted by atomic mass is 10.1. The number of aryl methyl sites for hydroxylation is 2. The third-order valence-electron chi connectivity index (χ3n) is 4.41. The van der Waals surface area contributed by atoms with E-state index in [1.165, 1.54) is 0 Å². The topological polar surface area (TPSA) is 85.4 Å². The van der Waals surface area contributed by atoms with Gasteiger partial charge in [0.25, 0.3) is 0 Å². The Hall–Kier alpha value is -2.42. The van der Waals surface area contributed by atoms with Crippen molar-refractivity contribution in [3.63, 3.8) is 0 Å². The molecule has 3 rings (SSSR count). The van der Waals surface area contributed by atoms with Crippen molar-refractivity contribution in [3.8, 4) is 0 Å². The molecular formula is C17H28N8O. The zero-order valence-electron chi connectivity index (χ0n) is 15.8. The Kier molecular flexibility index (Phi) is 6.21. The fraction of sp³-hybridized carbons (Fsp3) is 0.647. The van der Waals surface area contributed by atoms with Gasteiger partial charge in [-0.25, -0.2) is 0 Å². The molecule has 0 spiro atoms. The SMILES string of the molecule is CCNC(=NCCn1cnnc1CC)N1CCOC(c2cnn(C)c2)C1. The fourth-order valence-electron chi connectivity index (χ4n) is 3.08. The predicted octanol–water partition coefficient (Wildman–Crippen LogP) is 0.613. The molecular weight excluding hydrogens is 332 g/mol. The van der Waals surface area contributed by atoms with Crippen LogP contribution >= 0.6 is 0 Å². The van der Waals surface area contributed by atoms with Crippen LogP contribution in [-0.4, -0.2) is 68.2 Å². The first kappa shape index (κ1) is 18.4. The van der Waals surface area contributed by atoms with Gasteiger partial charge in [0.1, 0.15) is 18.3 Å². The summed E-state index contributed by atoms with van der Waals surface area (Å²) in [6, 6.07) is 0. The zero-order chi connectivity index (χ0) is 18.4. The fourth-order valence-corrected chi connectivity index (χ4v) is 3.08. The summed E-state index contributed by atoms with van der Waals surface area (Å²) in [5.41, 5.74) is 1.10. The van der Waals surface area contributed by atoms with Crippen molar-refractivity contribution in [2.75, 3.05) is 32.8 Å². The molecule has 1 atom stereocenters. The number of morpholine rings is 1. The van der Waals surface area contributed by atoms with Crippen molar-refractivity contribution in [1.29, 1.82) is 0 Å². The third kappa shape index (κ3) is 4.40. The molecule has 0 aromatic carbocycles. The highest BCUT2D eigenvalue weighted by Crippen LogP contribution is 2.21. The summed E-state index contributed by atoms with van der Waals surface area (Å²) in [4.78, 5) is 7.06. The maximum atomic E-state index is 5.93. The molecule has 0 radical (unpaired) electrons. The highest BCUT2D eigenvalue weighted by molar-refractivity contribution is 5.80. The Morgan fingerprint density at radius 1 is 1.42 bits per heavy atom. The maximum Gasteiger partial charge on any atom is 0.194 e. The minimum atomic E-state index is 0.0193. The number of rotatable bonds is 6. The molecule has 26 heavy (non-hydrogen) atoms. The van der Waals surface area contributed by atoms with Gasteiger partial charge >= 0.3 is 0 Å². The van der Waals surface area contributed by atoms with E-state index in [1.807, 2.05) is 19.4 Å². The first-order chi connectivity index (χ1) is 12.7. The molecule has 1 aliphatic heterocycles. The van der Waals surface area contributed by atoms with Gasteiger partial charge in [0.2, 0.25) is 0 Å². The summed E-state index contributed by atoms with van der Waals surface area (Å²) in [5, 5.41) is 15.7. The molecule has 1 N–H and O–H groups in total. The molecule has 1 aliphatic rings. The minimum Gasteiger partial charge on any atom is -0.370 e. The van der Waals surface area contributed by atoms with Gasteiger partial charge in [0, 0.05) is 44.9 Å². The van der Waals surface area contributed by atoms with Crippen LogP contribution in [0.4, 0.5) is 0 Å². The van der Waals surface area contributed by atoms with Crippen molar-refractivity contribution in [3.05, 3.63) is 30.1 Å². The molecule has 3 heterocycles. The largest absolute Gasteiger partial charge is 0.370 e. The Labute approximate surface area is 154 Å². The second-order valence-corrected chi connectivity index (χ2v) is 6.28. The first-order valence-electron chi connectivity index (χ1n) is 9.21. The van der Waals surface area contributed by atoms with E-state index in [9.17, 15) is 0 Å². The number of nitrogens with zero attached hydrogens (tertiary/aromatic N) is 7. The van der Waals surface area contributed by atoms with Crippen LogP contribution in [0.25, 0.3) is 0 Å². The molecule has 2 aromatic heterocycles. The van der Waals surface area contributed by atoms with Crippen molar-refractivity contribution < 1.29 is 4.74 Å². The molecule has 0 aliphatic carbocycles. The lowest BCUT2D eigenvalue weighted by Crippen LogP contribution is -2.48. The number of ether oxygens (including phenoxy) is 1. The van der Waals surface area contributed by atoms with Crippen LogP contribution in [0, 0.1) is 0 Å². The van der Waals surface area contributed by atoms with Gasteiger partial charge in [-0.1, -0.05) is 6.92 Å². The van der Waals surface area contributed by atoms with E-state index < -0.39 is 0 Å². The van der Waals surface area contributed by atoms with Crippen molar-refractivity contribution in [2.45, 2.75) is 32.9 Å². The maximum absolute atomic E-state index is 5.93. The smallest absolute Gasteiger partial charge is 0.194 e. The molecule has 0 amide bonds. The number of nitrogens with one attached hydrogen (secondary N) is 1. The number of hydrogen-bond donors (Lipinski definition) is 1. The highest BCUT2D eigenvalue weighted by atomic mass is 16.5. The van der Waals surface area contributed by atoms with Crippen LogP contribution in [0.3, 0.4) is 0 Å². The second-order valence-electron chi connectivity index (χ2n) is 6.28. The van der Waals surface area contributed by atoms with E-state index in [-0.39, 0.29) is 6.10 Å². The van der Waals surface area contributed by atoms with E-state index in [2.05, 4.69) is 43.9 Å². The van der Waals surface area contributed by atoms with Crippen LogP contribution in [0.5, 0.6) is 0 Å². The van der Waals surface area contributed by atoms with Crippen LogP contribution in [0.1, 0.15) is 31.3 Å². The van der Waals surface area contributed by atoms with Gasteiger partial charge in [0.05, 0.1) is 25.9 Å². The van der Waals surface area contributed by atoms with E-state index in [0.717, 1.165) is 49.9 Å². The van der Waals surface area contributed by atoms with Gasteiger partial charge in [-0.3, -0.25) is 9.67 Å². The van der Waals surface area contributed by atoms with Crippen LogP contribution in [-0.2, 0) is 24.8 Å². The summed E-state index contributed by atoms with van der Waals surface area (Å²) in [6.07, 6.45) is 6.55. The third-order valence-corrected chi connectivity index (χ3v) is 4.41. The van der Waals surface area contributed by atoms with E-state index in [4.69, 9.17) is 9.73 Å². The lowest BCUT2D eigenvalue weighted by molar-refractivity contribution is -0.00804. The summed E-state index contributed by atoms with van der Waals surface area (Å²) in [7, 11) is 1.92. The summed E-state index contributed by atoms with van der Waals surface area (Å²) in [6.45, 7) is 8.74. The van der Waals surface area contributed by atoms with Crippen molar-refractivity contribution in [1.82, 2.24) is 34.8 Å². The predicted molar refractivity (Wildman–Crippen MR) is 98.9 cm³/mol. The average Bonchev–Trinajstić information content (AvgIpc) is 3.29. The molecule has 0 saturated carbocycles. The average molecular weight is 360 g/mol. The Balaban J connectivity index is 1.64. The molecule has 2 aromatic rings. The van der Waals surface area contributed by atoms with E-state index in [0.29, 0.717) is 13.2 Å². The molecule has 9 nitrogen and oxygen atoms in total. The second kappa shape index (κ2) is 8.79. The van der Waals surface area contributed by atoms with Gasteiger partial charge in [0.15, 0.2) is 5.96 Å². The van der Waals surface area contributed by atoms with E-state index >= 15 is 0 Å². The lowest BCUT2D eigenvalue weighted by Gasteiger charge is -2.34. The summed E-state index contributed by atoms with van der Waals surface area (Å²) < 4.78 is 9.80. The standard InChI is InChI=1S/C17H28N8O/c1-4-16-22-20-13-25(16)7-6-19-17(18-5-2)24-8-9-26-15(12-24)14-10-21-23(3)11-14/h10-11,13,15H,4-9,12H2,1-3H3,(H,18,19). The molecule has 1 fully saturated rings. The normalized spacial score (nSPS) is 18.3. The van der Waals surface area contributed by atoms with Gasteiger partial charge in [-0.15, -0.1) is 10.2 Å². The van der Waals surface area contributed by atoms with Gasteiger partial charge in [-0.05, 0) is 6.92 Å². The summed E-state index contributed by atoms with van der Waals surface area (Å²) >= 11 is 0. The first-order valence-corrected chi connectivity index (χ1v) is 9.21. The van der Waals surface area contributed by atoms with E-state index in [1.54, 1.807) is 11.0 Å². The molecule has 0 bridgehead atoms. The molecule has 1 saturated heterocycles. The Morgan fingerprint density at radius 3 is 3.04 bits per heavy atom.